The molecule has 1 fully saturated rings. The Hall–Kier alpha value is -0.530. The van der Waals surface area contributed by atoms with Gasteiger partial charge < -0.3 is 5.32 Å². The maximum atomic E-state index is 11.7. The average molecular weight is 225 g/mol. The molecule has 0 radical (unpaired) electrons. The van der Waals surface area contributed by atoms with Gasteiger partial charge in [0.2, 0.25) is 5.91 Å². The van der Waals surface area contributed by atoms with Gasteiger partial charge in [-0.25, -0.2) is 0 Å². The molecule has 1 amide bonds. The molecule has 1 aliphatic rings. The van der Waals surface area contributed by atoms with Gasteiger partial charge in [0, 0.05) is 12.5 Å². The lowest BCUT2D eigenvalue weighted by Crippen LogP contribution is -2.38. The number of nitrogens with one attached hydrogen (secondary N) is 1. The predicted octanol–water partition coefficient (Wildman–Crippen LogP) is 3.51. The van der Waals surface area contributed by atoms with Gasteiger partial charge in [-0.3, -0.25) is 4.79 Å². The van der Waals surface area contributed by atoms with E-state index in [4.69, 9.17) is 0 Å². The minimum absolute atomic E-state index is 0.255. The minimum Gasteiger partial charge on any atom is -0.353 e. The van der Waals surface area contributed by atoms with Crippen LogP contribution >= 0.6 is 0 Å². The van der Waals surface area contributed by atoms with Crippen molar-refractivity contribution >= 4 is 5.91 Å². The van der Waals surface area contributed by atoms with Gasteiger partial charge in [0.05, 0.1) is 0 Å². The van der Waals surface area contributed by atoms with Crippen LogP contribution in [0.15, 0.2) is 0 Å². The zero-order valence-electron chi connectivity index (χ0n) is 11.3. The smallest absolute Gasteiger partial charge is 0.220 e. The van der Waals surface area contributed by atoms with Crippen LogP contribution in [-0.4, -0.2) is 11.9 Å². The molecule has 1 rings (SSSR count). The first-order valence-corrected chi connectivity index (χ1v) is 6.83. The summed E-state index contributed by atoms with van der Waals surface area (Å²) in [5.41, 5.74) is 0.255. The second-order valence-corrected chi connectivity index (χ2v) is 5.79. The maximum absolute atomic E-state index is 11.7. The summed E-state index contributed by atoms with van der Waals surface area (Å²) in [6, 6.07) is 0.417. The standard InChI is InChI=1S/C14H27NO/c1-5-7-14(8-6-2)10-13(16)15-12(14)9-11(3)4/h11-12H,5-10H2,1-4H3,(H,15,16). The Morgan fingerprint density at radius 2 is 1.88 bits per heavy atom. The molecule has 1 saturated heterocycles. The zero-order valence-corrected chi connectivity index (χ0v) is 11.3. The molecule has 1 unspecified atom stereocenters. The molecule has 0 aromatic heterocycles. The van der Waals surface area contributed by atoms with Gasteiger partial charge in [0.1, 0.15) is 0 Å². The van der Waals surface area contributed by atoms with E-state index >= 15 is 0 Å². The van der Waals surface area contributed by atoms with Crippen LogP contribution in [0.2, 0.25) is 0 Å². The van der Waals surface area contributed by atoms with Crippen molar-refractivity contribution in [2.75, 3.05) is 0 Å². The molecule has 94 valence electrons. The second-order valence-electron chi connectivity index (χ2n) is 5.79. The van der Waals surface area contributed by atoms with Crippen LogP contribution in [0.4, 0.5) is 0 Å². The number of rotatable bonds is 6. The van der Waals surface area contributed by atoms with Crippen molar-refractivity contribution in [3.05, 3.63) is 0 Å². The highest BCUT2D eigenvalue weighted by Gasteiger charge is 2.45. The van der Waals surface area contributed by atoms with Crippen LogP contribution in [0.3, 0.4) is 0 Å². The first-order chi connectivity index (χ1) is 7.54. The van der Waals surface area contributed by atoms with E-state index in [0.717, 1.165) is 12.8 Å². The third kappa shape index (κ3) is 2.99. The minimum atomic E-state index is 0.255. The van der Waals surface area contributed by atoms with Gasteiger partial charge >= 0.3 is 0 Å². The predicted molar refractivity (Wildman–Crippen MR) is 68.3 cm³/mol. The third-order valence-electron chi connectivity index (χ3n) is 3.79. The van der Waals surface area contributed by atoms with Gasteiger partial charge in [0.15, 0.2) is 0 Å². The van der Waals surface area contributed by atoms with Crippen molar-refractivity contribution < 1.29 is 4.79 Å². The number of hydrogen-bond acceptors (Lipinski definition) is 1. The van der Waals surface area contributed by atoms with E-state index in [9.17, 15) is 4.79 Å². The molecule has 2 heteroatoms. The molecule has 0 spiro atoms. The molecule has 0 saturated carbocycles. The van der Waals surface area contributed by atoms with Crippen molar-refractivity contribution in [1.82, 2.24) is 5.32 Å². The molecule has 0 aliphatic carbocycles. The summed E-state index contributed by atoms with van der Waals surface area (Å²) in [7, 11) is 0. The Kier molecular flexibility index (Phi) is 4.82. The number of carbonyl (C=O) groups excluding carboxylic acids is 1. The fraction of sp³-hybridized carbons (Fsp3) is 0.929. The Bertz CT molecular complexity index is 229. The van der Waals surface area contributed by atoms with Crippen LogP contribution in [-0.2, 0) is 4.79 Å². The molecule has 1 heterocycles. The number of amides is 1. The van der Waals surface area contributed by atoms with Gasteiger partial charge in [0.25, 0.3) is 0 Å². The fourth-order valence-electron chi connectivity index (χ4n) is 3.27. The molecule has 16 heavy (non-hydrogen) atoms. The first-order valence-electron chi connectivity index (χ1n) is 6.83. The number of carbonyl (C=O) groups is 1. The van der Waals surface area contributed by atoms with Gasteiger partial charge in [-0.05, 0) is 30.6 Å². The molecule has 0 aromatic rings. The lowest BCUT2D eigenvalue weighted by Gasteiger charge is -2.35. The summed E-state index contributed by atoms with van der Waals surface area (Å²) in [6.45, 7) is 8.94. The summed E-state index contributed by atoms with van der Waals surface area (Å²) in [6.07, 6.45) is 6.64. The molecular formula is C14H27NO. The Balaban J connectivity index is 2.79. The molecule has 0 aromatic carbocycles. The van der Waals surface area contributed by atoms with Gasteiger partial charge in [-0.15, -0.1) is 0 Å². The molecule has 2 nitrogen and oxygen atoms in total. The fourth-order valence-corrected chi connectivity index (χ4v) is 3.27. The average Bonchev–Trinajstić information content (AvgIpc) is 2.43. The summed E-state index contributed by atoms with van der Waals surface area (Å²) in [5.74, 6) is 0.934. The van der Waals surface area contributed by atoms with E-state index in [1.54, 1.807) is 0 Å². The highest BCUT2D eigenvalue weighted by molar-refractivity contribution is 5.80. The molecular weight excluding hydrogens is 198 g/mol. The van der Waals surface area contributed by atoms with E-state index in [1.165, 1.54) is 25.7 Å². The Morgan fingerprint density at radius 1 is 1.31 bits per heavy atom. The summed E-state index contributed by atoms with van der Waals surface area (Å²) in [5, 5.41) is 3.21. The topological polar surface area (TPSA) is 29.1 Å². The summed E-state index contributed by atoms with van der Waals surface area (Å²) < 4.78 is 0. The van der Waals surface area contributed by atoms with E-state index < -0.39 is 0 Å². The lowest BCUT2D eigenvalue weighted by molar-refractivity contribution is -0.119. The van der Waals surface area contributed by atoms with Crippen LogP contribution in [0, 0.1) is 11.3 Å². The SMILES string of the molecule is CCCC1(CCC)CC(=O)NC1CC(C)C. The van der Waals surface area contributed by atoms with Gasteiger partial charge in [-0.2, -0.15) is 0 Å². The van der Waals surface area contributed by atoms with Crippen LogP contribution in [0.5, 0.6) is 0 Å². The molecule has 1 N–H and O–H groups in total. The van der Waals surface area contributed by atoms with Crippen molar-refractivity contribution in [3.63, 3.8) is 0 Å². The monoisotopic (exact) mass is 225 g/mol. The lowest BCUT2D eigenvalue weighted by atomic mass is 9.71. The van der Waals surface area contributed by atoms with E-state index in [1.807, 2.05) is 0 Å². The van der Waals surface area contributed by atoms with E-state index in [-0.39, 0.29) is 11.3 Å². The first kappa shape index (κ1) is 13.5. The molecule has 1 aliphatic heterocycles. The molecule has 1 atom stereocenters. The zero-order chi connectivity index (χ0) is 12.2. The van der Waals surface area contributed by atoms with Crippen molar-refractivity contribution in [2.24, 2.45) is 11.3 Å². The normalized spacial score (nSPS) is 23.8. The van der Waals surface area contributed by atoms with Crippen molar-refractivity contribution in [1.29, 1.82) is 0 Å². The van der Waals surface area contributed by atoms with Crippen molar-refractivity contribution in [3.8, 4) is 0 Å². The van der Waals surface area contributed by atoms with Crippen LogP contribution in [0.1, 0.15) is 66.2 Å². The van der Waals surface area contributed by atoms with E-state index in [2.05, 4.69) is 33.0 Å². The Labute approximate surface area is 100 Å². The van der Waals surface area contributed by atoms with Crippen LogP contribution < -0.4 is 5.32 Å². The highest BCUT2D eigenvalue weighted by Crippen LogP contribution is 2.43. The number of hydrogen-bond donors (Lipinski definition) is 1. The highest BCUT2D eigenvalue weighted by atomic mass is 16.2. The molecule has 0 bridgehead atoms. The summed E-state index contributed by atoms with van der Waals surface area (Å²) in [4.78, 5) is 11.7. The van der Waals surface area contributed by atoms with Crippen molar-refractivity contribution in [2.45, 2.75) is 72.3 Å². The quantitative estimate of drug-likeness (QED) is 0.736. The largest absolute Gasteiger partial charge is 0.353 e. The third-order valence-corrected chi connectivity index (χ3v) is 3.79. The summed E-state index contributed by atoms with van der Waals surface area (Å²) >= 11 is 0. The maximum Gasteiger partial charge on any atom is 0.220 e. The van der Waals surface area contributed by atoms with E-state index in [0.29, 0.717) is 12.0 Å². The Morgan fingerprint density at radius 3 is 2.31 bits per heavy atom. The second kappa shape index (κ2) is 5.70. The van der Waals surface area contributed by atoms with Crippen LogP contribution in [0.25, 0.3) is 0 Å². The van der Waals surface area contributed by atoms with Gasteiger partial charge in [-0.1, -0.05) is 40.5 Å².